The van der Waals surface area contributed by atoms with Crippen LogP contribution in [0, 0.1) is 6.92 Å². The van der Waals surface area contributed by atoms with Crippen LogP contribution in [0.4, 0.5) is 0 Å². The van der Waals surface area contributed by atoms with E-state index in [1.165, 1.54) is 22.3 Å². The molecule has 1 fully saturated rings. The molecule has 1 N–H and O–H groups in total. The van der Waals surface area contributed by atoms with Crippen LogP contribution in [0.15, 0.2) is 60.9 Å². The lowest BCUT2D eigenvalue weighted by Crippen LogP contribution is -2.36. The Morgan fingerprint density at radius 1 is 1.17 bits per heavy atom. The van der Waals surface area contributed by atoms with Gasteiger partial charge in [0.2, 0.25) is 0 Å². The number of hydroxylamine groups is 2. The molecule has 2 aliphatic rings. The van der Waals surface area contributed by atoms with E-state index in [1.54, 1.807) is 5.06 Å². The molecule has 178 valence electrons. The molecule has 1 saturated carbocycles. The number of aromatic amines is 1. The van der Waals surface area contributed by atoms with E-state index in [0.717, 1.165) is 53.6 Å². The van der Waals surface area contributed by atoms with E-state index < -0.39 is 0 Å². The molecular weight excluding hydrogens is 438 g/mol. The van der Waals surface area contributed by atoms with Crippen LogP contribution in [0.1, 0.15) is 40.7 Å². The fraction of sp³-hybridized carbons (Fsp3) is 0.310. The summed E-state index contributed by atoms with van der Waals surface area (Å²) in [5.74, 6) is -0.246. The first-order valence-electron chi connectivity index (χ1n) is 12.2. The van der Waals surface area contributed by atoms with Gasteiger partial charge in [-0.3, -0.25) is 0 Å². The quantitative estimate of drug-likeness (QED) is 0.393. The topological polar surface area (TPSA) is 67.5 Å². The van der Waals surface area contributed by atoms with E-state index >= 15 is 0 Å². The van der Waals surface area contributed by atoms with Gasteiger partial charge < -0.3 is 14.6 Å². The predicted octanol–water partition coefficient (Wildman–Crippen LogP) is 5.23. The lowest BCUT2D eigenvalue weighted by molar-refractivity contribution is -0.199. The van der Waals surface area contributed by atoms with Crippen LogP contribution in [0.3, 0.4) is 0 Å². The summed E-state index contributed by atoms with van der Waals surface area (Å²) in [5, 5.41) is 2.92. The standard InChI is InChI=1S/C29H29N3O3/c1-19-16-30-28-24(19)14-23(17-31-28)22-13-21-8-11-34-18-25(21)26(15-22)29(9-10-29)32(2)35-27(33)12-20-6-4-3-5-7-20/h3-7,13-17H,8-12,18H2,1-2H3,(H,30,31). The number of carbonyl (C=O) groups is 1. The molecule has 0 atom stereocenters. The molecule has 4 aromatic rings. The van der Waals surface area contributed by atoms with Crippen molar-refractivity contribution in [3.63, 3.8) is 0 Å². The van der Waals surface area contributed by atoms with Crippen LogP contribution < -0.4 is 0 Å². The highest BCUT2D eigenvalue weighted by atomic mass is 16.7. The molecular formula is C29H29N3O3. The summed E-state index contributed by atoms with van der Waals surface area (Å²) in [6.07, 6.45) is 6.94. The molecule has 1 aliphatic carbocycles. The van der Waals surface area contributed by atoms with E-state index in [-0.39, 0.29) is 17.9 Å². The maximum Gasteiger partial charge on any atom is 0.329 e. The van der Waals surface area contributed by atoms with Crippen molar-refractivity contribution < 1.29 is 14.4 Å². The van der Waals surface area contributed by atoms with Crippen LogP contribution in [-0.2, 0) is 39.4 Å². The molecule has 2 aromatic heterocycles. The van der Waals surface area contributed by atoms with Gasteiger partial charge in [0.15, 0.2) is 0 Å². The number of rotatable bonds is 6. The molecule has 0 saturated heterocycles. The Kier molecular flexibility index (Phi) is 5.43. The second kappa shape index (κ2) is 8.63. The Morgan fingerprint density at radius 3 is 2.80 bits per heavy atom. The fourth-order valence-electron chi connectivity index (χ4n) is 5.26. The Labute approximate surface area is 204 Å². The lowest BCUT2D eigenvalue weighted by Gasteiger charge is -2.31. The monoisotopic (exact) mass is 467 g/mol. The van der Waals surface area contributed by atoms with Crippen molar-refractivity contribution in [3.8, 4) is 11.1 Å². The number of carbonyl (C=O) groups excluding carboxylic acids is 1. The maximum atomic E-state index is 12.7. The third-order valence-electron chi connectivity index (χ3n) is 7.43. The van der Waals surface area contributed by atoms with Gasteiger partial charge in [-0.05, 0) is 71.7 Å². The molecule has 0 amide bonds. The van der Waals surface area contributed by atoms with Crippen LogP contribution in [0.2, 0.25) is 0 Å². The highest BCUT2D eigenvalue weighted by Crippen LogP contribution is 2.53. The number of benzene rings is 2. The Balaban J connectivity index is 1.35. The van der Waals surface area contributed by atoms with Crippen molar-refractivity contribution in [2.75, 3.05) is 13.7 Å². The first kappa shape index (κ1) is 22.0. The van der Waals surface area contributed by atoms with E-state index in [1.807, 2.05) is 49.8 Å². The van der Waals surface area contributed by atoms with Gasteiger partial charge in [-0.2, -0.15) is 0 Å². The minimum absolute atomic E-state index is 0.246. The Bertz CT molecular complexity index is 1410. The number of nitrogens with zero attached hydrogens (tertiary/aromatic N) is 2. The Morgan fingerprint density at radius 2 is 2.00 bits per heavy atom. The second-order valence-electron chi connectivity index (χ2n) is 9.71. The SMILES string of the molecule is Cc1c[nH]c2ncc(-c3cc4c(c(C5(N(C)OC(=O)Cc6ccccc6)CC5)c3)COCC4)cc12. The van der Waals surface area contributed by atoms with Gasteiger partial charge >= 0.3 is 5.97 Å². The Hall–Kier alpha value is -3.48. The summed E-state index contributed by atoms with van der Waals surface area (Å²) in [7, 11) is 1.88. The molecule has 0 spiro atoms. The predicted molar refractivity (Wildman–Crippen MR) is 135 cm³/mol. The average molecular weight is 468 g/mol. The molecule has 6 heteroatoms. The number of H-pyrrole nitrogens is 1. The van der Waals surface area contributed by atoms with E-state index in [2.05, 4.69) is 35.1 Å². The number of aromatic nitrogens is 2. The first-order valence-corrected chi connectivity index (χ1v) is 12.2. The number of hydrogen-bond donors (Lipinski definition) is 1. The molecule has 0 bridgehead atoms. The molecule has 1 aliphatic heterocycles. The summed E-state index contributed by atoms with van der Waals surface area (Å²) >= 11 is 0. The number of aryl methyl sites for hydroxylation is 1. The number of nitrogens with one attached hydrogen (secondary N) is 1. The molecule has 2 aromatic carbocycles. The zero-order valence-electron chi connectivity index (χ0n) is 20.1. The van der Waals surface area contributed by atoms with Crippen molar-refractivity contribution >= 4 is 17.0 Å². The fourth-order valence-corrected chi connectivity index (χ4v) is 5.26. The van der Waals surface area contributed by atoms with Gasteiger partial charge in [-0.25, -0.2) is 9.78 Å². The lowest BCUT2D eigenvalue weighted by atomic mass is 9.88. The summed E-state index contributed by atoms with van der Waals surface area (Å²) in [6.45, 7) is 3.41. The van der Waals surface area contributed by atoms with E-state index in [9.17, 15) is 4.79 Å². The van der Waals surface area contributed by atoms with Crippen LogP contribution in [-0.4, -0.2) is 34.7 Å². The average Bonchev–Trinajstić information content (AvgIpc) is 3.61. The van der Waals surface area contributed by atoms with Crippen LogP contribution >= 0.6 is 0 Å². The molecule has 3 heterocycles. The first-order chi connectivity index (χ1) is 17.0. The summed E-state index contributed by atoms with van der Waals surface area (Å²) < 4.78 is 5.87. The van der Waals surface area contributed by atoms with E-state index in [0.29, 0.717) is 6.61 Å². The minimum atomic E-state index is -0.325. The summed E-state index contributed by atoms with van der Waals surface area (Å²) in [4.78, 5) is 26.5. The zero-order valence-corrected chi connectivity index (χ0v) is 20.1. The molecule has 6 nitrogen and oxygen atoms in total. The van der Waals surface area contributed by atoms with Gasteiger partial charge in [0.25, 0.3) is 0 Å². The van der Waals surface area contributed by atoms with E-state index in [4.69, 9.17) is 9.57 Å². The van der Waals surface area contributed by atoms with Crippen molar-refractivity contribution in [2.45, 2.75) is 44.8 Å². The normalized spacial score (nSPS) is 16.3. The molecule has 35 heavy (non-hydrogen) atoms. The van der Waals surface area contributed by atoms with Gasteiger partial charge in [0, 0.05) is 30.4 Å². The largest absolute Gasteiger partial charge is 0.376 e. The highest BCUT2D eigenvalue weighted by Gasteiger charge is 2.52. The maximum absolute atomic E-state index is 12.7. The molecule has 6 rings (SSSR count). The number of pyridine rings is 1. The summed E-state index contributed by atoms with van der Waals surface area (Å²) in [5.41, 5.74) is 8.69. The van der Waals surface area contributed by atoms with Crippen molar-refractivity contribution in [1.82, 2.24) is 15.0 Å². The summed E-state index contributed by atoms with van der Waals surface area (Å²) in [6, 6.07) is 16.5. The van der Waals surface area contributed by atoms with Gasteiger partial charge in [-0.1, -0.05) is 36.4 Å². The number of fused-ring (bicyclic) bond motifs is 2. The van der Waals surface area contributed by atoms with Crippen LogP contribution in [0.5, 0.6) is 0 Å². The number of ether oxygens (including phenoxy) is 1. The van der Waals surface area contributed by atoms with Crippen LogP contribution in [0.25, 0.3) is 22.2 Å². The van der Waals surface area contributed by atoms with Crippen molar-refractivity contribution in [1.29, 1.82) is 0 Å². The van der Waals surface area contributed by atoms with Crippen molar-refractivity contribution in [2.24, 2.45) is 0 Å². The minimum Gasteiger partial charge on any atom is -0.376 e. The second-order valence-corrected chi connectivity index (χ2v) is 9.71. The third-order valence-corrected chi connectivity index (χ3v) is 7.43. The zero-order chi connectivity index (χ0) is 24.0. The van der Waals surface area contributed by atoms with Gasteiger partial charge in [-0.15, -0.1) is 5.06 Å². The smallest absolute Gasteiger partial charge is 0.329 e. The third kappa shape index (κ3) is 4.03. The number of hydrogen-bond acceptors (Lipinski definition) is 5. The van der Waals surface area contributed by atoms with Gasteiger partial charge in [0.1, 0.15) is 5.65 Å². The highest BCUT2D eigenvalue weighted by molar-refractivity contribution is 5.84. The molecule has 0 radical (unpaired) electrons. The van der Waals surface area contributed by atoms with Crippen molar-refractivity contribution in [3.05, 3.63) is 88.7 Å². The van der Waals surface area contributed by atoms with Gasteiger partial charge in [0.05, 0.1) is 25.2 Å². The molecule has 0 unspecified atom stereocenters.